The Balaban J connectivity index is 1.94. The van der Waals surface area contributed by atoms with Crippen molar-refractivity contribution < 1.29 is 4.74 Å². The summed E-state index contributed by atoms with van der Waals surface area (Å²) in [6.45, 7) is 4.84. The summed E-state index contributed by atoms with van der Waals surface area (Å²) in [6, 6.07) is 1.81. The van der Waals surface area contributed by atoms with E-state index in [4.69, 9.17) is 10.5 Å². The highest BCUT2D eigenvalue weighted by Crippen LogP contribution is 2.14. The van der Waals surface area contributed by atoms with E-state index in [2.05, 4.69) is 19.8 Å². The number of ether oxygens (including phenoxy) is 1. The quantitative estimate of drug-likeness (QED) is 0.818. The van der Waals surface area contributed by atoms with Crippen molar-refractivity contribution in [3.63, 3.8) is 0 Å². The van der Waals surface area contributed by atoms with Gasteiger partial charge >= 0.3 is 0 Å². The molecule has 0 aromatic carbocycles. The van der Waals surface area contributed by atoms with Gasteiger partial charge in [0.05, 0.1) is 0 Å². The summed E-state index contributed by atoms with van der Waals surface area (Å²) < 4.78 is 5.05. The number of nitrogens with two attached hydrogens (primary N) is 1. The minimum absolute atomic E-state index is 0.387. The van der Waals surface area contributed by atoms with E-state index in [-0.39, 0.29) is 0 Å². The molecule has 0 atom stereocenters. The summed E-state index contributed by atoms with van der Waals surface area (Å²) >= 11 is 0. The molecule has 6 heteroatoms. The van der Waals surface area contributed by atoms with E-state index in [0.29, 0.717) is 18.2 Å². The third kappa shape index (κ3) is 4.04. The number of likely N-dealkylation sites (N-methyl/N-ethyl adjacent to an activating group) is 1. The standard InChI is InChI=1S/C13H23N5O/c1-17(7-8-18-5-3-4-6-18)13-9-11(14)15-12(16-13)10-19-2/h9H,3-8,10H2,1-2H3,(H2,14,15,16). The molecule has 2 rings (SSSR count). The Morgan fingerprint density at radius 3 is 2.79 bits per heavy atom. The third-order valence-electron chi connectivity index (χ3n) is 3.39. The molecule has 0 unspecified atom stereocenters. The molecule has 2 N–H and O–H groups in total. The lowest BCUT2D eigenvalue weighted by Gasteiger charge is -2.22. The van der Waals surface area contributed by atoms with Crippen LogP contribution in [0.3, 0.4) is 0 Å². The smallest absolute Gasteiger partial charge is 0.158 e. The molecule has 2 heterocycles. The number of hydrogen-bond donors (Lipinski definition) is 1. The Hall–Kier alpha value is -1.40. The number of nitrogen functional groups attached to an aromatic ring is 1. The number of nitrogens with zero attached hydrogens (tertiary/aromatic N) is 4. The third-order valence-corrected chi connectivity index (χ3v) is 3.39. The number of hydrogen-bond acceptors (Lipinski definition) is 6. The van der Waals surface area contributed by atoms with Crippen molar-refractivity contribution in [2.45, 2.75) is 19.4 Å². The minimum Gasteiger partial charge on any atom is -0.384 e. The number of methoxy groups -OCH3 is 1. The first kappa shape index (κ1) is 14.0. The molecule has 1 aliphatic heterocycles. The fourth-order valence-corrected chi connectivity index (χ4v) is 2.30. The zero-order valence-corrected chi connectivity index (χ0v) is 11.8. The van der Waals surface area contributed by atoms with Crippen molar-refractivity contribution in [1.82, 2.24) is 14.9 Å². The topological polar surface area (TPSA) is 67.5 Å². The van der Waals surface area contributed by atoms with Crippen LogP contribution < -0.4 is 10.6 Å². The van der Waals surface area contributed by atoms with Crippen LogP contribution in [0, 0.1) is 0 Å². The van der Waals surface area contributed by atoms with Gasteiger partial charge in [-0.3, -0.25) is 0 Å². The Labute approximate surface area is 114 Å². The zero-order valence-electron chi connectivity index (χ0n) is 11.8. The number of likely N-dealkylation sites (tertiary alicyclic amines) is 1. The fourth-order valence-electron chi connectivity index (χ4n) is 2.30. The van der Waals surface area contributed by atoms with Gasteiger partial charge in [-0.15, -0.1) is 0 Å². The predicted octanol–water partition coefficient (Wildman–Crippen LogP) is 0.737. The average molecular weight is 265 g/mol. The molecule has 1 fully saturated rings. The monoisotopic (exact) mass is 265 g/mol. The zero-order chi connectivity index (χ0) is 13.7. The summed E-state index contributed by atoms with van der Waals surface area (Å²) in [6.07, 6.45) is 2.64. The van der Waals surface area contributed by atoms with E-state index in [1.807, 2.05) is 13.1 Å². The van der Waals surface area contributed by atoms with E-state index >= 15 is 0 Å². The highest BCUT2D eigenvalue weighted by Gasteiger charge is 2.13. The van der Waals surface area contributed by atoms with Gasteiger partial charge < -0.3 is 20.3 Å². The summed E-state index contributed by atoms with van der Waals surface area (Å²) in [5.74, 6) is 1.98. The molecule has 1 aliphatic rings. The normalized spacial score (nSPS) is 15.9. The van der Waals surface area contributed by atoms with E-state index in [9.17, 15) is 0 Å². The lowest BCUT2D eigenvalue weighted by atomic mass is 10.4. The van der Waals surface area contributed by atoms with Crippen LogP contribution in [-0.4, -0.2) is 55.2 Å². The second-order valence-electron chi connectivity index (χ2n) is 4.97. The minimum atomic E-state index is 0.387. The van der Waals surface area contributed by atoms with Crippen molar-refractivity contribution in [2.24, 2.45) is 0 Å². The summed E-state index contributed by atoms with van der Waals surface area (Å²) in [4.78, 5) is 13.2. The van der Waals surface area contributed by atoms with Gasteiger partial charge in [0, 0.05) is 33.3 Å². The van der Waals surface area contributed by atoms with E-state index in [0.717, 1.165) is 18.9 Å². The molecule has 1 aromatic rings. The van der Waals surface area contributed by atoms with Crippen LogP contribution in [0.1, 0.15) is 18.7 Å². The van der Waals surface area contributed by atoms with Gasteiger partial charge in [-0.2, -0.15) is 0 Å². The summed E-state index contributed by atoms with van der Waals surface area (Å²) in [5.41, 5.74) is 5.80. The van der Waals surface area contributed by atoms with Gasteiger partial charge in [0.15, 0.2) is 5.82 Å². The summed E-state index contributed by atoms with van der Waals surface area (Å²) in [7, 11) is 3.66. The lowest BCUT2D eigenvalue weighted by molar-refractivity contribution is 0.178. The van der Waals surface area contributed by atoms with Crippen LogP contribution in [0.4, 0.5) is 11.6 Å². The van der Waals surface area contributed by atoms with Crippen molar-refractivity contribution in [3.8, 4) is 0 Å². The van der Waals surface area contributed by atoms with Crippen LogP contribution in [0.25, 0.3) is 0 Å². The summed E-state index contributed by atoms with van der Waals surface area (Å²) in [5, 5.41) is 0. The number of aromatic nitrogens is 2. The maximum Gasteiger partial charge on any atom is 0.158 e. The molecule has 1 saturated heterocycles. The van der Waals surface area contributed by atoms with Gasteiger partial charge in [-0.05, 0) is 25.9 Å². The molecule has 19 heavy (non-hydrogen) atoms. The van der Waals surface area contributed by atoms with Gasteiger partial charge in [-0.25, -0.2) is 9.97 Å². The van der Waals surface area contributed by atoms with Crippen molar-refractivity contribution in [2.75, 3.05) is 51.0 Å². The Morgan fingerprint density at radius 1 is 1.37 bits per heavy atom. The SMILES string of the molecule is COCc1nc(N)cc(N(C)CCN2CCCC2)n1. The first-order chi connectivity index (χ1) is 9.19. The van der Waals surface area contributed by atoms with E-state index in [1.165, 1.54) is 25.9 Å². The molecular formula is C13H23N5O. The maximum absolute atomic E-state index is 5.80. The molecule has 1 aromatic heterocycles. The molecule has 0 bridgehead atoms. The molecule has 106 valence electrons. The van der Waals surface area contributed by atoms with Gasteiger partial charge in [0.25, 0.3) is 0 Å². The molecule has 0 spiro atoms. The highest BCUT2D eigenvalue weighted by atomic mass is 16.5. The molecule has 0 aliphatic carbocycles. The largest absolute Gasteiger partial charge is 0.384 e. The van der Waals surface area contributed by atoms with Gasteiger partial charge in [0.2, 0.25) is 0 Å². The number of anilines is 2. The Morgan fingerprint density at radius 2 is 2.11 bits per heavy atom. The van der Waals surface area contributed by atoms with Crippen LogP contribution in [0.2, 0.25) is 0 Å². The maximum atomic E-state index is 5.80. The molecule has 0 saturated carbocycles. The fraction of sp³-hybridized carbons (Fsp3) is 0.692. The van der Waals surface area contributed by atoms with E-state index in [1.54, 1.807) is 7.11 Å². The molecular weight excluding hydrogens is 242 g/mol. The Bertz CT molecular complexity index is 406. The number of rotatable bonds is 6. The first-order valence-corrected chi connectivity index (χ1v) is 6.75. The van der Waals surface area contributed by atoms with Gasteiger partial charge in [-0.1, -0.05) is 0 Å². The van der Waals surface area contributed by atoms with Crippen LogP contribution in [-0.2, 0) is 11.3 Å². The molecule has 0 amide bonds. The second kappa shape index (κ2) is 6.68. The molecule has 6 nitrogen and oxygen atoms in total. The predicted molar refractivity (Wildman–Crippen MR) is 76.1 cm³/mol. The first-order valence-electron chi connectivity index (χ1n) is 6.75. The van der Waals surface area contributed by atoms with Crippen molar-refractivity contribution >= 4 is 11.6 Å². The highest BCUT2D eigenvalue weighted by molar-refractivity contribution is 5.46. The van der Waals surface area contributed by atoms with Crippen LogP contribution in [0.15, 0.2) is 6.07 Å². The lowest BCUT2D eigenvalue weighted by Crippen LogP contribution is -2.32. The van der Waals surface area contributed by atoms with Crippen LogP contribution >= 0.6 is 0 Å². The second-order valence-corrected chi connectivity index (χ2v) is 4.97. The average Bonchev–Trinajstić information content (AvgIpc) is 2.88. The van der Waals surface area contributed by atoms with Crippen molar-refractivity contribution in [1.29, 1.82) is 0 Å². The van der Waals surface area contributed by atoms with Crippen molar-refractivity contribution in [3.05, 3.63) is 11.9 Å². The molecule has 0 radical (unpaired) electrons. The Kier molecular flexibility index (Phi) is 4.93. The van der Waals surface area contributed by atoms with E-state index < -0.39 is 0 Å². The van der Waals surface area contributed by atoms with Crippen LogP contribution in [0.5, 0.6) is 0 Å². The van der Waals surface area contributed by atoms with Gasteiger partial charge in [0.1, 0.15) is 18.2 Å².